The van der Waals surface area contributed by atoms with E-state index in [1.807, 2.05) is 0 Å². The van der Waals surface area contributed by atoms with Crippen LogP contribution in [0.3, 0.4) is 0 Å². The quantitative estimate of drug-likeness (QED) is 0.556. The van der Waals surface area contributed by atoms with E-state index in [1.165, 1.54) is 0 Å². The summed E-state index contributed by atoms with van der Waals surface area (Å²) in [6.07, 6.45) is 0.610. The molecule has 4 atom stereocenters. The minimum atomic E-state index is -0.110. The summed E-state index contributed by atoms with van der Waals surface area (Å²) in [6, 6.07) is 0. The van der Waals surface area contributed by atoms with Crippen LogP contribution in [0, 0.1) is 11.3 Å². The fourth-order valence-electron chi connectivity index (χ4n) is 2.81. The fourth-order valence-corrected chi connectivity index (χ4v) is 2.81. The van der Waals surface area contributed by atoms with Crippen molar-refractivity contribution in [3.05, 3.63) is 0 Å². The number of carbonyl (C=O) groups excluding carboxylic acids is 1. The topological polar surface area (TPSA) is 35.5 Å². The summed E-state index contributed by atoms with van der Waals surface area (Å²) < 4.78 is 11.1. The summed E-state index contributed by atoms with van der Waals surface area (Å²) in [7, 11) is 0. The number of rotatable bonds is 0. The van der Waals surface area contributed by atoms with Gasteiger partial charge in [-0.2, -0.15) is 0 Å². The first-order valence-electron chi connectivity index (χ1n) is 5.24. The third kappa shape index (κ3) is 1.44. The van der Waals surface area contributed by atoms with Gasteiger partial charge >= 0.3 is 5.97 Å². The van der Waals surface area contributed by atoms with Crippen molar-refractivity contribution in [2.45, 2.75) is 52.4 Å². The van der Waals surface area contributed by atoms with E-state index in [0.29, 0.717) is 12.3 Å². The molecule has 0 bridgehead atoms. The van der Waals surface area contributed by atoms with Crippen molar-refractivity contribution in [3.63, 3.8) is 0 Å². The maximum Gasteiger partial charge on any atom is 0.308 e. The van der Waals surface area contributed by atoms with Gasteiger partial charge in [0.15, 0.2) is 0 Å². The molecule has 2 fully saturated rings. The Kier molecular flexibility index (Phi) is 2.11. The Morgan fingerprint density at radius 2 is 2.00 bits per heavy atom. The lowest BCUT2D eigenvalue weighted by Crippen LogP contribution is -2.36. The van der Waals surface area contributed by atoms with E-state index in [1.54, 1.807) is 0 Å². The fraction of sp³-hybridized carbons (Fsp3) is 0.909. The van der Waals surface area contributed by atoms with E-state index in [9.17, 15) is 4.79 Å². The Morgan fingerprint density at radius 1 is 1.36 bits per heavy atom. The van der Waals surface area contributed by atoms with Gasteiger partial charge in [0.05, 0.1) is 12.5 Å². The molecule has 14 heavy (non-hydrogen) atoms. The number of fused-ring (bicyclic) bond motifs is 1. The summed E-state index contributed by atoms with van der Waals surface area (Å²) >= 11 is 0. The molecule has 0 saturated carbocycles. The highest BCUT2D eigenvalue weighted by molar-refractivity contribution is 5.72. The SMILES string of the molecule is CC1O[C@@H]2CC(=O)O[C@@H]2[C@@H]1C(C)(C)C. The summed E-state index contributed by atoms with van der Waals surface area (Å²) in [5, 5.41) is 0. The minimum absolute atomic E-state index is 0.00160. The molecule has 2 aliphatic heterocycles. The van der Waals surface area contributed by atoms with Gasteiger partial charge in [0, 0.05) is 5.92 Å². The number of hydrogen-bond acceptors (Lipinski definition) is 3. The van der Waals surface area contributed by atoms with Crippen LogP contribution in [0.5, 0.6) is 0 Å². The molecule has 0 aromatic heterocycles. The molecule has 3 heteroatoms. The third-order valence-corrected chi connectivity index (χ3v) is 3.25. The van der Waals surface area contributed by atoms with Crippen molar-refractivity contribution in [3.8, 4) is 0 Å². The molecule has 0 radical (unpaired) electrons. The summed E-state index contributed by atoms with van der Waals surface area (Å²) in [4.78, 5) is 11.1. The molecule has 0 amide bonds. The molecule has 3 nitrogen and oxygen atoms in total. The molecular formula is C11H18O3. The maximum absolute atomic E-state index is 11.1. The molecule has 0 aromatic carbocycles. The molecule has 0 aromatic rings. The van der Waals surface area contributed by atoms with Crippen molar-refractivity contribution in [1.82, 2.24) is 0 Å². The van der Waals surface area contributed by atoms with E-state index >= 15 is 0 Å². The zero-order chi connectivity index (χ0) is 10.5. The smallest absolute Gasteiger partial charge is 0.308 e. The van der Waals surface area contributed by atoms with Gasteiger partial charge < -0.3 is 9.47 Å². The Morgan fingerprint density at radius 3 is 2.57 bits per heavy atom. The van der Waals surface area contributed by atoms with Crippen LogP contribution in [0.1, 0.15) is 34.1 Å². The van der Waals surface area contributed by atoms with Gasteiger partial charge in [0.2, 0.25) is 0 Å². The first-order chi connectivity index (χ1) is 6.39. The van der Waals surface area contributed by atoms with E-state index in [4.69, 9.17) is 9.47 Å². The highest BCUT2D eigenvalue weighted by atomic mass is 16.6. The second kappa shape index (κ2) is 2.96. The van der Waals surface area contributed by atoms with Crippen LogP contribution in [0.15, 0.2) is 0 Å². The molecule has 0 spiro atoms. The number of carbonyl (C=O) groups is 1. The summed E-state index contributed by atoms with van der Waals surface area (Å²) in [5.74, 6) is 0.208. The lowest BCUT2D eigenvalue weighted by Gasteiger charge is -2.32. The van der Waals surface area contributed by atoms with Crippen LogP contribution in [-0.4, -0.2) is 24.3 Å². The molecule has 80 valence electrons. The molecule has 2 heterocycles. The number of hydrogen-bond donors (Lipinski definition) is 0. The predicted molar refractivity (Wildman–Crippen MR) is 51.8 cm³/mol. The van der Waals surface area contributed by atoms with Crippen LogP contribution >= 0.6 is 0 Å². The number of ether oxygens (including phenoxy) is 2. The molecule has 0 aliphatic carbocycles. The zero-order valence-electron chi connectivity index (χ0n) is 9.24. The second-order valence-corrected chi connectivity index (χ2v) is 5.43. The van der Waals surface area contributed by atoms with Crippen LogP contribution in [0.4, 0.5) is 0 Å². The Balaban J connectivity index is 2.20. The second-order valence-electron chi connectivity index (χ2n) is 5.43. The van der Waals surface area contributed by atoms with Crippen LogP contribution < -0.4 is 0 Å². The Hall–Kier alpha value is -0.570. The van der Waals surface area contributed by atoms with Gasteiger partial charge in [-0.3, -0.25) is 4.79 Å². The van der Waals surface area contributed by atoms with E-state index in [0.717, 1.165) is 0 Å². The van der Waals surface area contributed by atoms with Crippen molar-refractivity contribution in [2.75, 3.05) is 0 Å². The lowest BCUT2D eigenvalue weighted by atomic mass is 9.75. The van der Waals surface area contributed by atoms with Gasteiger partial charge in [0.25, 0.3) is 0 Å². The first-order valence-corrected chi connectivity index (χ1v) is 5.24. The monoisotopic (exact) mass is 198 g/mol. The van der Waals surface area contributed by atoms with Crippen molar-refractivity contribution in [1.29, 1.82) is 0 Å². The van der Waals surface area contributed by atoms with Crippen molar-refractivity contribution < 1.29 is 14.3 Å². The molecule has 2 aliphatic rings. The van der Waals surface area contributed by atoms with Crippen LogP contribution in [0.2, 0.25) is 0 Å². The van der Waals surface area contributed by atoms with Crippen molar-refractivity contribution in [2.24, 2.45) is 11.3 Å². The zero-order valence-corrected chi connectivity index (χ0v) is 9.24. The lowest BCUT2D eigenvalue weighted by molar-refractivity contribution is -0.144. The standard InChI is InChI=1S/C11H18O3/c1-6-9(11(2,3)4)10-7(13-6)5-8(12)14-10/h6-7,9-10H,5H2,1-4H3/t6?,7-,9-,10+/m1/s1. The van der Waals surface area contributed by atoms with Gasteiger partial charge in [-0.25, -0.2) is 0 Å². The highest BCUT2D eigenvalue weighted by Gasteiger charge is 2.53. The van der Waals surface area contributed by atoms with Crippen LogP contribution in [0.25, 0.3) is 0 Å². The van der Waals surface area contributed by atoms with Gasteiger partial charge in [-0.05, 0) is 12.3 Å². The summed E-state index contributed by atoms with van der Waals surface area (Å²) in [6.45, 7) is 8.59. The Bertz CT molecular complexity index is 254. The Labute approximate surface area is 84.8 Å². The van der Waals surface area contributed by atoms with Crippen LogP contribution in [-0.2, 0) is 14.3 Å². The van der Waals surface area contributed by atoms with Gasteiger partial charge in [0.1, 0.15) is 12.2 Å². The minimum Gasteiger partial charge on any atom is -0.459 e. The largest absolute Gasteiger partial charge is 0.459 e. The highest BCUT2D eigenvalue weighted by Crippen LogP contribution is 2.44. The van der Waals surface area contributed by atoms with Gasteiger partial charge in [-0.1, -0.05) is 20.8 Å². The van der Waals surface area contributed by atoms with Gasteiger partial charge in [-0.15, -0.1) is 0 Å². The molecular weight excluding hydrogens is 180 g/mol. The van der Waals surface area contributed by atoms with E-state index in [-0.39, 0.29) is 29.7 Å². The molecule has 2 saturated heterocycles. The van der Waals surface area contributed by atoms with E-state index in [2.05, 4.69) is 27.7 Å². The maximum atomic E-state index is 11.1. The summed E-state index contributed by atoms with van der Waals surface area (Å²) in [5.41, 5.74) is 0.128. The first kappa shape index (κ1) is 9.97. The molecule has 2 rings (SSSR count). The average molecular weight is 198 g/mol. The predicted octanol–water partition coefficient (Wildman–Crippen LogP) is 1.75. The molecule has 0 N–H and O–H groups in total. The van der Waals surface area contributed by atoms with E-state index < -0.39 is 0 Å². The molecule has 1 unspecified atom stereocenters. The third-order valence-electron chi connectivity index (χ3n) is 3.25. The average Bonchev–Trinajstić information content (AvgIpc) is 2.38. The van der Waals surface area contributed by atoms with Crippen molar-refractivity contribution >= 4 is 5.97 Å². The number of esters is 1. The normalized spacial score (nSPS) is 42.4.